The summed E-state index contributed by atoms with van der Waals surface area (Å²) in [6.07, 6.45) is 2.31. The number of benzene rings is 2. The quantitative estimate of drug-likeness (QED) is 0.252. The number of aliphatic hydroxyl groups excluding tert-OH is 2. The van der Waals surface area contributed by atoms with Gasteiger partial charge in [0.25, 0.3) is 0 Å². The smallest absolute Gasteiger partial charge is 0.339 e. The molecular formula is C30H34N2O9. The Balaban J connectivity index is 1.46. The van der Waals surface area contributed by atoms with Crippen LogP contribution in [0.25, 0.3) is 6.08 Å². The molecule has 0 saturated carbocycles. The Labute approximate surface area is 237 Å². The van der Waals surface area contributed by atoms with Gasteiger partial charge in [0.1, 0.15) is 36.9 Å². The minimum Gasteiger partial charge on any atom is -0.508 e. The fourth-order valence-corrected chi connectivity index (χ4v) is 4.68. The largest absolute Gasteiger partial charge is 0.508 e. The molecular weight excluding hydrogens is 532 g/mol. The number of hydrogen-bond donors (Lipinski definition) is 5. The average Bonchev–Trinajstić information content (AvgIpc) is 3.45. The third kappa shape index (κ3) is 7.59. The number of aliphatic hydroxyl groups is 2. The number of phenolic OH excluding ortho intramolecular Hbond substituents is 1. The molecule has 5 unspecified atom stereocenters. The first-order chi connectivity index (χ1) is 19.8. The highest BCUT2D eigenvalue weighted by molar-refractivity contribution is 5.98. The first-order valence-electron chi connectivity index (χ1n) is 13.3. The van der Waals surface area contributed by atoms with E-state index >= 15 is 0 Å². The van der Waals surface area contributed by atoms with Crippen molar-refractivity contribution in [3.05, 3.63) is 82.9 Å². The maximum atomic E-state index is 13.3. The first-order valence-corrected chi connectivity index (χ1v) is 13.3. The van der Waals surface area contributed by atoms with Crippen LogP contribution in [0.15, 0.2) is 66.3 Å². The molecule has 218 valence electrons. The zero-order chi connectivity index (χ0) is 29.4. The number of rotatable bonds is 11. The van der Waals surface area contributed by atoms with Gasteiger partial charge in [-0.15, -0.1) is 0 Å². The van der Waals surface area contributed by atoms with Gasteiger partial charge in [0.2, 0.25) is 11.8 Å². The molecule has 5 N–H and O–H groups in total. The molecule has 2 aliphatic rings. The fourth-order valence-electron chi connectivity index (χ4n) is 4.68. The number of carbonyl (C=O) groups excluding carboxylic acids is 3. The number of aromatic hydroxyl groups is 1. The van der Waals surface area contributed by atoms with Crippen molar-refractivity contribution in [2.45, 2.75) is 50.2 Å². The lowest BCUT2D eigenvalue weighted by Gasteiger charge is -2.31. The van der Waals surface area contributed by atoms with Crippen molar-refractivity contribution in [1.29, 1.82) is 0 Å². The maximum absolute atomic E-state index is 13.3. The molecule has 1 aliphatic heterocycles. The van der Waals surface area contributed by atoms with Crippen LogP contribution in [0.4, 0.5) is 0 Å². The van der Waals surface area contributed by atoms with E-state index in [0.717, 1.165) is 5.56 Å². The number of fused-ring (bicyclic) bond motifs is 1. The summed E-state index contributed by atoms with van der Waals surface area (Å²) in [4.78, 5) is 38.8. The van der Waals surface area contributed by atoms with Gasteiger partial charge < -0.3 is 40.2 Å². The predicted octanol–water partition coefficient (Wildman–Crippen LogP) is 1.22. The summed E-state index contributed by atoms with van der Waals surface area (Å²) >= 11 is 0. The number of para-hydroxylation sites is 1. The van der Waals surface area contributed by atoms with E-state index in [1.165, 1.54) is 6.92 Å². The number of amides is 2. The molecule has 11 nitrogen and oxygen atoms in total. The van der Waals surface area contributed by atoms with Gasteiger partial charge in [0.15, 0.2) is 0 Å². The Morgan fingerprint density at radius 2 is 1.88 bits per heavy atom. The number of nitrogens with one attached hydrogen (secondary N) is 2. The second kappa shape index (κ2) is 14.0. The van der Waals surface area contributed by atoms with Crippen LogP contribution < -0.4 is 10.6 Å². The topological polar surface area (TPSA) is 164 Å². The second-order valence-corrected chi connectivity index (χ2v) is 9.75. The van der Waals surface area contributed by atoms with Gasteiger partial charge >= 0.3 is 5.97 Å². The van der Waals surface area contributed by atoms with Crippen molar-refractivity contribution in [3.63, 3.8) is 0 Å². The van der Waals surface area contributed by atoms with E-state index in [4.69, 9.17) is 19.3 Å². The van der Waals surface area contributed by atoms with Gasteiger partial charge in [0.05, 0.1) is 18.3 Å². The van der Waals surface area contributed by atoms with Gasteiger partial charge in [-0.2, -0.15) is 0 Å². The van der Waals surface area contributed by atoms with E-state index in [1.807, 2.05) is 18.2 Å². The standard InChI is InChI=1S/C30H34N2O9/c1-18(34)26(29(37)31-13-14-33)32-28(36)21-15-24-27(40-17-39-24)25(16-21)41-30(38)22-11-4-2-7-19(22)9-6-10-20-8-3-5-12-23(20)35/h2-9,11-12,15,18,24-27,33-35H,10,13-14,16-17H2,1H3,(H,31,37)(H,32,36). The van der Waals surface area contributed by atoms with Crippen molar-refractivity contribution >= 4 is 23.9 Å². The van der Waals surface area contributed by atoms with Gasteiger partial charge in [-0.05, 0) is 42.7 Å². The third-order valence-corrected chi connectivity index (χ3v) is 6.82. The van der Waals surface area contributed by atoms with Gasteiger partial charge in [-0.3, -0.25) is 9.59 Å². The Hall–Kier alpha value is -4.03. The lowest BCUT2D eigenvalue weighted by atomic mass is 9.91. The summed E-state index contributed by atoms with van der Waals surface area (Å²) in [7, 11) is 0. The molecule has 11 heteroatoms. The third-order valence-electron chi connectivity index (χ3n) is 6.82. The number of carbonyl (C=O) groups is 3. The lowest BCUT2D eigenvalue weighted by molar-refractivity contribution is -0.130. The predicted molar refractivity (Wildman–Crippen MR) is 148 cm³/mol. The Bertz CT molecular complexity index is 1310. The fraction of sp³-hybridized carbons (Fsp3) is 0.367. The van der Waals surface area contributed by atoms with Crippen LogP contribution in [-0.4, -0.2) is 83.5 Å². The molecule has 1 saturated heterocycles. The zero-order valence-corrected chi connectivity index (χ0v) is 22.6. The van der Waals surface area contributed by atoms with E-state index in [0.29, 0.717) is 17.5 Å². The van der Waals surface area contributed by atoms with Crippen LogP contribution in [0, 0.1) is 0 Å². The van der Waals surface area contributed by atoms with E-state index in [2.05, 4.69) is 10.6 Å². The van der Waals surface area contributed by atoms with E-state index in [1.54, 1.807) is 48.6 Å². The molecule has 0 aromatic heterocycles. The molecule has 1 heterocycles. The minimum atomic E-state index is -1.26. The van der Waals surface area contributed by atoms with E-state index < -0.39 is 48.2 Å². The van der Waals surface area contributed by atoms with Crippen LogP contribution in [0.2, 0.25) is 0 Å². The lowest BCUT2D eigenvalue weighted by Crippen LogP contribution is -2.54. The molecule has 0 bridgehead atoms. The van der Waals surface area contributed by atoms with Gasteiger partial charge in [-0.25, -0.2) is 4.79 Å². The van der Waals surface area contributed by atoms with Crippen molar-refractivity contribution < 1.29 is 43.9 Å². The van der Waals surface area contributed by atoms with Crippen LogP contribution in [0.1, 0.15) is 34.8 Å². The highest BCUT2D eigenvalue weighted by Gasteiger charge is 2.43. The summed E-state index contributed by atoms with van der Waals surface area (Å²) in [5, 5.41) is 34.0. The summed E-state index contributed by atoms with van der Waals surface area (Å²) < 4.78 is 17.1. The van der Waals surface area contributed by atoms with Crippen LogP contribution in [-0.2, 0) is 30.2 Å². The molecule has 1 fully saturated rings. The number of esters is 1. The number of ether oxygens (including phenoxy) is 3. The maximum Gasteiger partial charge on any atom is 0.339 e. The van der Waals surface area contributed by atoms with Crippen molar-refractivity contribution in [2.24, 2.45) is 0 Å². The molecule has 1 aliphatic carbocycles. The van der Waals surface area contributed by atoms with Crippen molar-refractivity contribution in [2.75, 3.05) is 19.9 Å². The molecule has 2 aromatic carbocycles. The number of phenols is 1. The Kier molecular flexibility index (Phi) is 10.3. The Morgan fingerprint density at radius 1 is 1.12 bits per heavy atom. The highest BCUT2D eigenvalue weighted by atomic mass is 16.7. The molecule has 41 heavy (non-hydrogen) atoms. The molecule has 0 spiro atoms. The van der Waals surface area contributed by atoms with E-state index in [9.17, 15) is 24.6 Å². The molecule has 4 rings (SSSR count). The average molecular weight is 567 g/mol. The summed E-state index contributed by atoms with van der Waals surface area (Å²) in [5.41, 5.74) is 1.89. The van der Waals surface area contributed by atoms with Crippen molar-refractivity contribution in [1.82, 2.24) is 10.6 Å². The first kappa shape index (κ1) is 29.9. The van der Waals surface area contributed by atoms with Crippen LogP contribution >= 0.6 is 0 Å². The Morgan fingerprint density at radius 3 is 2.63 bits per heavy atom. The van der Waals surface area contributed by atoms with E-state index in [-0.39, 0.29) is 37.7 Å². The molecule has 5 atom stereocenters. The molecule has 2 aromatic rings. The number of allylic oxidation sites excluding steroid dienone is 1. The SMILES string of the molecule is CC(O)C(NC(=O)C1=CC2OCOC2C(OC(=O)c2ccccc2C=CCc2ccccc2O)C1)C(=O)NCCO. The van der Waals surface area contributed by atoms with Crippen molar-refractivity contribution in [3.8, 4) is 5.75 Å². The van der Waals surface area contributed by atoms with Crippen LogP contribution in [0.5, 0.6) is 5.75 Å². The molecule has 0 radical (unpaired) electrons. The normalized spacial score (nSPS) is 21.4. The van der Waals surface area contributed by atoms with Crippen LogP contribution in [0.3, 0.4) is 0 Å². The minimum absolute atomic E-state index is 0.00181. The van der Waals surface area contributed by atoms with Gasteiger partial charge in [-0.1, -0.05) is 48.6 Å². The molecule has 2 amide bonds. The monoisotopic (exact) mass is 566 g/mol. The van der Waals surface area contributed by atoms with Gasteiger partial charge in [0, 0.05) is 18.5 Å². The summed E-state index contributed by atoms with van der Waals surface area (Å²) in [5.74, 6) is -1.70. The highest BCUT2D eigenvalue weighted by Crippen LogP contribution is 2.31. The second-order valence-electron chi connectivity index (χ2n) is 9.75. The number of hydrogen-bond acceptors (Lipinski definition) is 9. The summed E-state index contributed by atoms with van der Waals surface area (Å²) in [6.45, 7) is 1.00. The summed E-state index contributed by atoms with van der Waals surface area (Å²) in [6, 6.07) is 12.7. The zero-order valence-electron chi connectivity index (χ0n) is 22.6.